The molecule has 1 unspecified atom stereocenters. The average molecular weight is 389 g/mol. The van der Waals surface area contributed by atoms with Crippen molar-refractivity contribution in [3.8, 4) is 0 Å². The number of unbranched alkanes of at least 4 members (excludes halogenated alkanes) is 14. The van der Waals surface area contributed by atoms with Crippen LogP contribution in [0.25, 0.3) is 0 Å². The predicted molar refractivity (Wildman–Crippen MR) is 117 cm³/mol. The fourth-order valence-corrected chi connectivity index (χ4v) is 2.65. The van der Waals surface area contributed by atoms with Crippen molar-refractivity contribution in [3.05, 3.63) is 13.2 Å². The summed E-state index contributed by atoms with van der Waals surface area (Å²) >= 11 is 0. The van der Waals surface area contributed by atoms with Crippen LogP contribution in [-0.4, -0.2) is 34.0 Å². The van der Waals surface area contributed by atoms with E-state index in [4.69, 9.17) is 15.3 Å². The third kappa shape index (κ3) is 40.9. The quantitative estimate of drug-likeness (QED) is 0.196. The number of hydrogen-bond donors (Lipinski definition) is 3. The van der Waals surface area contributed by atoms with E-state index in [2.05, 4.69) is 20.1 Å². The summed E-state index contributed by atoms with van der Waals surface area (Å²) in [6, 6.07) is 0. The van der Waals surface area contributed by atoms with E-state index in [1.54, 1.807) is 0 Å². The Morgan fingerprint density at radius 3 is 1.22 bits per heavy atom. The summed E-state index contributed by atoms with van der Waals surface area (Å²) in [6.45, 7) is 9.66. The molecule has 27 heavy (non-hydrogen) atoms. The van der Waals surface area contributed by atoms with Crippen molar-refractivity contribution in [2.24, 2.45) is 0 Å². The lowest BCUT2D eigenvalue weighted by molar-refractivity contribution is -0.137. The van der Waals surface area contributed by atoms with E-state index in [9.17, 15) is 4.79 Å². The van der Waals surface area contributed by atoms with Crippen LogP contribution in [0.2, 0.25) is 0 Å². The van der Waals surface area contributed by atoms with Gasteiger partial charge in [-0.1, -0.05) is 96.8 Å². The third-order valence-electron chi connectivity index (χ3n) is 4.26. The van der Waals surface area contributed by atoms with Gasteiger partial charge in [0.25, 0.3) is 0 Å². The lowest BCUT2D eigenvalue weighted by Gasteiger charge is -2.03. The molecule has 0 saturated carbocycles. The van der Waals surface area contributed by atoms with Gasteiger partial charge >= 0.3 is 5.97 Å². The Kier molecular flexibility index (Phi) is 34.1. The number of aliphatic hydroxyl groups is 2. The molecular weight excluding hydrogens is 340 g/mol. The molecule has 0 rings (SSSR count). The van der Waals surface area contributed by atoms with Gasteiger partial charge in [0.2, 0.25) is 0 Å². The van der Waals surface area contributed by atoms with Gasteiger partial charge in [0.15, 0.2) is 0 Å². The Hall–Kier alpha value is -0.870. The van der Waals surface area contributed by atoms with E-state index < -0.39 is 12.1 Å². The zero-order valence-corrected chi connectivity index (χ0v) is 18.3. The van der Waals surface area contributed by atoms with Crippen molar-refractivity contribution in [2.45, 2.75) is 123 Å². The van der Waals surface area contributed by atoms with Gasteiger partial charge in [-0.2, -0.15) is 0 Å². The summed E-state index contributed by atoms with van der Waals surface area (Å²) < 4.78 is 0. The van der Waals surface area contributed by atoms with Gasteiger partial charge in [0.05, 0.1) is 12.7 Å². The zero-order chi connectivity index (χ0) is 21.2. The van der Waals surface area contributed by atoms with Crippen LogP contribution in [0.3, 0.4) is 0 Å². The number of aliphatic carboxylic acids is 1. The van der Waals surface area contributed by atoms with E-state index in [1.807, 2.05) is 0 Å². The molecule has 0 radical (unpaired) electrons. The second kappa shape index (κ2) is 29.9. The first-order valence-electron chi connectivity index (χ1n) is 11.0. The maximum absolute atomic E-state index is 10.3. The van der Waals surface area contributed by atoms with Gasteiger partial charge < -0.3 is 15.3 Å². The van der Waals surface area contributed by atoms with Crippen LogP contribution in [-0.2, 0) is 4.79 Å². The van der Waals surface area contributed by atoms with Crippen molar-refractivity contribution < 1.29 is 20.1 Å². The van der Waals surface area contributed by atoms with Gasteiger partial charge in [-0.15, -0.1) is 13.2 Å². The minimum absolute atomic E-state index is 0.139. The molecule has 0 heterocycles. The first-order valence-corrected chi connectivity index (χ1v) is 11.0. The molecule has 0 spiro atoms. The molecule has 1 atom stereocenters. The van der Waals surface area contributed by atoms with Gasteiger partial charge in [-0.3, -0.25) is 4.79 Å². The summed E-state index contributed by atoms with van der Waals surface area (Å²) in [5.41, 5.74) is 0. The summed E-state index contributed by atoms with van der Waals surface area (Å²) in [7, 11) is 0. The molecule has 0 saturated heterocycles. The SMILES string of the molecule is C=C.CC(O)CO.CCCCCCCCCCCCCCCCCC(=O)O. The van der Waals surface area contributed by atoms with E-state index >= 15 is 0 Å². The summed E-state index contributed by atoms with van der Waals surface area (Å²) in [6.07, 6.45) is 19.6. The normalized spacial score (nSPS) is 11.0. The fraction of sp³-hybridized carbons (Fsp3) is 0.870. The van der Waals surface area contributed by atoms with Gasteiger partial charge in [-0.25, -0.2) is 0 Å². The van der Waals surface area contributed by atoms with E-state index in [1.165, 1.54) is 90.4 Å². The van der Waals surface area contributed by atoms with Gasteiger partial charge in [-0.05, 0) is 13.3 Å². The minimum atomic E-state index is -0.653. The second-order valence-corrected chi connectivity index (χ2v) is 7.13. The molecule has 0 aliphatic heterocycles. The predicted octanol–water partition coefficient (Wildman–Crippen LogP) is 6.49. The van der Waals surface area contributed by atoms with E-state index in [0.29, 0.717) is 6.42 Å². The summed E-state index contributed by atoms with van der Waals surface area (Å²) in [4.78, 5) is 10.3. The number of hydrogen-bond acceptors (Lipinski definition) is 3. The van der Waals surface area contributed by atoms with Crippen molar-refractivity contribution in [3.63, 3.8) is 0 Å². The van der Waals surface area contributed by atoms with Crippen LogP contribution in [0.15, 0.2) is 13.2 Å². The van der Waals surface area contributed by atoms with Gasteiger partial charge in [0, 0.05) is 6.42 Å². The Morgan fingerprint density at radius 1 is 0.741 bits per heavy atom. The Bertz CT molecular complexity index is 267. The molecule has 0 bridgehead atoms. The van der Waals surface area contributed by atoms with Crippen molar-refractivity contribution >= 4 is 5.97 Å². The Labute approximate surface area is 169 Å². The monoisotopic (exact) mass is 388 g/mol. The second-order valence-electron chi connectivity index (χ2n) is 7.13. The topological polar surface area (TPSA) is 77.8 Å². The highest BCUT2D eigenvalue weighted by atomic mass is 16.4. The van der Waals surface area contributed by atoms with Crippen LogP contribution in [0.5, 0.6) is 0 Å². The minimum Gasteiger partial charge on any atom is -0.481 e. The fourth-order valence-electron chi connectivity index (χ4n) is 2.65. The average Bonchev–Trinajstić information content (AvgIpc) is 2.66. The molecule has 0 aromatic rings. The molecule has 0 amide bonds. The van der Waals surface area contributed by atoms with Crippen molar-refractivity contribution in [2.75, 3.05) is 6.61 Å². The molecule has 0 fully saturated rings. The van der Waals surface area contributed by atoms with Crippen molar-refractivity contribution in [1.82, 2.24) is 0 Å². The van der Waals surface area contributed by atoms with Crippen molar-refractivity contribution in [1.29, 1.82) is 0 Å². The Balaban J connectivity index is -0.000000705. The smallest absolute Gasteiger partial charge is 0.303 e. The van der Waals surface area contributed by atoms with E-state index in [-0.39, 0.29) is 6.61 Å². The molecule has 0 aromatic carbocycles. The number of rotatable bonds is 17. The molecular formula is C23H48O4. The molecule has 0 aliphatic rings. The third-order valence-corrected chi connectivity index (χ3v) is 4.26. The maximum atomic E-state index is 10.3. The standard InChI is InChI=1S/C18H36O2.C3H8O2.C2H4/c1-2-3-4-5-6-7-8-9-10-11-12-13-14-15-16-17-18(19)20;1-3(5)2-4;1-2/h2-17H2,1H3,(H,19,20);3-5H,2H2,1H3;1-2H2. The van der Waals surface area contributed by atoms with Crippen LogP contribution in [0.1, 0.15) is 117 Å². The van der Waals surface area contributed by atoms with Gasteiger partial charge in [0.1, 0.15) is 0 Å². The van der Waals surface area contributed by atoms with Crippen LogP contribution in [0.4, 0.5) is 0 Å². The lowest BCUT2D eigenvalue weighted by Crippen LogP contribution is -2.03. The first kappa shape index (κ1) is 30.8. The number of carboxylic acid groups (broad SMARTS) is 1. The largest absolute Gasteiger partial charge is 0.481 e. The number of carboxylic acids is 1. The molecule has 0 aromatic heterocycles. The zero-order valence-electron chi connectivity index (χ0n) is 18.3. The molecule has 4 heteroatoms. The highest BCUT2D eigenvalue weighted by Crippen LogP contribution is 2.13. The molecule has 4 nitrogen and oxygen atoms in total. The van der Waals surface area contributed by atoms with Crippen LogP contribution < -0.4 is 0 Å². The summed E-state index contributed by atoms with van der Waals surface area (Å²) in [5, 5.41) is 24.5. The molecule has 0 aliphatic carbocycles. The first-order chi connectivity index (χ1) is 13.0. The highest BCUT2D eigenvalue weighted by Gasteiger charge is 1.97. The van der Waals surface area contributed by atoms with Crippen LogP contribution in [0, 0.1) is 0 Å². The Morgan fingerprint density at radius 2 is 1.00 bits per heavy atom. The van der Waals surface area contributed by atoms with E-state index in [0.717, 1.165) is 12.8 Å². The number of aliphatic hydroxyl groups excluding tert-OH is 2. The summed E-state index contributed by atoms with van der Waals surface area (Å²) in [5.74, 6) is -0.653. The lowest BCUT2D eigenvalue weighted by atomic mass is 10.0. The highest BCUT2D eigenvalue weighted by molar-refractivity contribution is 5.66. The number of carbonyl (C=O) groups is 1. The van der Waals surface area contributed by atoms with Crippen LogP contribution >= 0.6 is 0 Å². The molecule has 3 N–H and O–H groups in total. The molecule has 164 valence electrons. The maximum Gasteiger partial charge on any atom is 0.303 e.